The Kier molecular flexibility index (Phi) is 4.90. The highest BCUT2D eigenvalue weighted by Crippen LogP contribution is 2.18. The second-order valence-electron chi connectivity index (χ2n) is 5.34. The number of rotatable bonds is 5. The third-order valence-electron chi connectivity index (χ3n) is 3.45. The van der Waals surface area contributed by atoms with E-state index < -0.39 is 0 Å². The SMILES string of the molecule is CCC(C)(C)CNCC1CCNCC1. The predicted octanol–water partition coefficient (Wildman–Crippen LogP) is 2.01. The van der Waals surface area contributed by atoms with Crippen LogP contribution in [-0.2, 0) is 0 Å². The van der Waals surface area contributed by atoms with Gasteiger partial charge in [0.25, 0.3) is 0 Å². The number of hydrogen-bond acceptors (Lipinski definition) is 2. The molecule has 1 fully saturated rings. The van der Waals surface area contributed by atoms with E-state index in [9.17, 15) is 0 Å². The van der Waals surface area contributed by atoms with Gasteiger partial charge in [-0.25, -0.2) is 0 Å². The van der Waals surface area contributed by atoms with E-state index in [1.54, 1.807) is 0 Å². The highest BCUT2D eigenvalue weighted by molar-refractivity contribution is 4.74. The van der Waals surface area contributed by atoms with Crippen LogP contribution in [0.3, 0.4) is 0 Å². The minimum absolute atomic E-state index is 0.465. The van der Waals surface area contributed by atoms with Gasteiger partial charge in [-0.1, -0.05) is 20.8 Å². The van der Waals surface area contributed by atoms with E-state index in [4.69, 9.17) is 0 Å². The molecule has 2 N–H and O–H groups in total. The first kappa shape index (κ1) is 12.0. The summed E-state index contributed by atoms with van der Waals surface area (Å²) in [7, 11) is 0. The molecule has 0 unspecified atom stereocenters. The van der Waals surface area contributed by atoms with Gasteiger partial charge in [-0.15, -0.1) is 0 Å². The molecule has 0 bridgehead atoms. The van der Waals surface area contributed by atoms with Gasteiger partial charge in [0.15, 0.2) is 0 Å². The lowest BCUT2D eigenvalue weighted by atomic mass is 9.90. The van der Waals surface area contributed by atoms with Crippen molar-refractivity contribution in [1.82, 2.24) is 10.6 Å². The molecule has 1 heterocycles. The van der Waals surface area contributed by atoms with Gasteiger partial charge in [-0.05, 0) is 50.2 Å². The fourth-order valence-corrected chi connectivity index (χ4v) is 1.83. The lowest BCUT2D eigenvalue weighted by Crippen LogP contribution is -2.37. The minimum Gasteiger partial charge on any atom is -0.317 e. The molecule has 0 atom stereocenters. The Morgan fingerprint density at radius 2 is 1.93 bits per heavy atom. The summed E-state index contributed by atoms with van der Waals surface area (Å²) in [6, 6.07) is 0. The summed E-state index contributed by atoms with van der Waals surface area (Å²) >= 11 is 0. The van der Waals surface area contributed by atoms with Crippen molar-refractivity contribution in [2.45, 2.75) is 40.0 Å². The van der Waals surface area contributed by atoms with Gasteiger partial charge < -0.3 is 10.6 Å². The maximum atomic E-state index is 3.62. The monoisotopic (exact) mass is 198 g/mol. The molecule has 1 aliphatic heterocycles. The third-order valence-corrected chi connectivity index (χ3v) is 3.45. The molecule has 1 aliphatic rings. The van der Waals surface area contributed by atoms with E-state index in [0.717, 1.165) is 12.5 Å². The first-order valence-corrected chi connectivity index (χ1v) is 6.05. The van der Waals surface area contributed by atoms with Crippen LogP contribution < -0.4 is 10.6 Å². The van der Waals surface area contributed by atoms with E-state index in [1.807, 2.05) is 0 Å². The molecule has 2 nitrogen and oxygen atoms in total. The molecule has 2 heteroatoms. The number of hydrogen-bond donors (Lipinski definition) is 2. The zero-order valence-electron chi connectivity index (χ0n) is 10.0. The van der Waals surface area contributed by atoms with Crippen LogP contribution in [0.5, 0.6) is 0 Å². The Labute approximate surface area is 88.8 Å². The normalized spacial score (nSPS) is 19.9. The molecule has 0 aliphatic carbocycles. The topological polar surface area (TPSA) is 24.1 Å². The van der Waals surface area contributed by atoms with Crippen LogP contribution in [0.15, 0.2) is 0 Å². The average molecular weight is 198 g/mol. The lowest BCUT2D eigenvalue weighted by Gasteiger charge is -2.27. The molecule has 0 spiro atoms. The summed E-state index contributed by atoms with van der Waals surface area (Å²) in [5.41, 5.74) is 0.465. The highest BCUT2D eigenvalue weighted by atomic mass is 14.9. The molecule has 1 saturated heterocycles. The Hall–Kier alpha value is -0.0800. The van der Waals surface area contributed by atoms with Crippen molar-refractivity contribution in [3.63, 3.8) is 0 Å². The number of piperidine rings is 1. The second kappa shape index (κ2) is 5.72. The van der Waals surface area contributed by atoms with Crippen LogP contribution in [-0.4, -0.2) is 26.2 Å². The zero-order valence-corrected chi connectivity index (χ0v) is 10.0. The average Bonchev–Trinajstić information content (AvgIpc) is 2.19. The Balaban J connectivity index is 2.08. The van der Waals surface area contributed by atoms with Crippen LogP contribution in [0.25, 0.3) is 0 Å². The molecule has 1 rings (SSSR count). The van der Waals surface area contributed by atoms with Crippen molar-refractivity contribution in [1.29, 1.82) is 0 Å². The largest absolute Gasteiger partial charge is 0.317 e. The second-order valence-corrected chi connectivity index (χ2v) is 5.34. The number of nitrogens with one attached hydrogen (secondary N) is 2. The molecular formula is C12H26N2. The molecule has 0 aromatic carbocycles. The molecule has 14 heavy (non-hydrogen) atoms. The summed E-state index contributed by atoms with van der Waals surface area (Å²) in [4.78, 5) is 0. The van der Waals surface area contributed by atoms with Crippen LogP contribution in [0.2, 0.25) is 0 Å². The van der Waals surface area contributed by atoms with Gasteiger partial charge in [-0.3, -0.25) is 0 Å². The first-order chi connectivity index (χ1) is 6.64. The van der Waals surface area contributed by atoms with Gasteiger partial charge in [-0.2, -0.15) is 0 Å². The van der Waals surface area contributed by atoms with Crippen molar-refractivity contribution in [2.75, 3.05) is 26.2 Å². The van der Waals surface area contributed by atoms with Crippen molar-refractivity contribution in [2.24, 2.45) is 11.3 Å². The first-order valence-electron chi connectivity index (χ1n) is 6.05. The molecule has 0 amide bonds. The van der Waals surface area contributed by atoms with Crippen LogP contribution in [0.4, 0.5) is 0 Å². The van der Waals surface area contributed by atoms with E-state index >= 15 is 0 Å². The van der Waals surface area contributed by atoms with E-state index in [2.05, 4.69) is 31.4 Å². The summed E-state index contributed by atoms with van der Waals surface area (Å²) in [6.07, 6.45) is 3.95. The Morgan fingerprint density at radius 3 is 2.50 bits per heavy atom. The van der Waals surface area contributed by atoms with Gasteiger partial charge in [0.1, 0.15) is 0 Å². The van der Waals surface area contributed by atoms with Crippen molar-refractivity contribution in [3.05, 3.63) is 0 Å². The van der Waals surface area contributed by atoms with Gasteiger partial charge >= 0.3 is 0 Å². The van der Waals surface area contributed by atoms with Crippen LogP contribution in [0, 0.1) is 11.3 Å². The van der Waals surface area contributed by atoms with E-state index in [0.29, 0.717) is 5.41 Å². The van der Waals surface area contributed by atoms with Gasteiger partial charge in [0, 0.05) is 6.54 Å². The fourth-order valence-electron chi connectivity index (χ4n) is 1.83. The highest BCUT2D eigenvalue weighted by Gasteiger charge is 2.16. The summed E-state index contributed by atoms with van der Waals surface area (Å²) < 4.78 is 0. The van der Waals surface area contributed by atoms with Crippen molar-refractivity contribution < 1.29 is 0 Å². The molecule has 0 saturated carbocycles. The molecule has 0 aromatic rings. The minimum atomic E-state index is 0.465. The van der Waals surface area contributed by atoms with E-state index in [1.165, 1.54) is 38.9 Å². The van der Waals surface area contributed by atoms with Crippen LogP contribution >= 0.6 is 0 Å². The smallest absolute Gasteiger partial charge is 0.000253 e. The summed E-state index contributed by atoms with van der Waals surface area (Å²) in [5.74, 6) is 0.906. The lowest BCUT2D eigenvalue weighted by molar-refractivity contribution is 0.295. The fraction of sp³-hybridized carbons (Fsp3) is 1.00. The summed E-state index contributed by atoms with van der Waals surface area (Å²) in [6.45, 7) is 11.7. The van der Waals surface area contributed by atoms with Gasteiger partial charge in [0.05, 0.1) is 0 Å². The van der Waals surface area contributed by atoms with Crippen molar-refractivity contribution >= 4 is 0 Å². The molecule has 0 radical (unpaired) electrons. The molecule has 0 aromatic heterocycles. The quantitative estimate of drug-likeness (QED) is 0.706. The summed E-state index contributed by atoms with van der Waals surface area (Å²) in [5, 5.41) is 7.02. The maximum Gasteiger partial charge on any atom is 0.000253 e. The van der Waals surface area contributed by atoms with Gasteiger partial charge in [0.2, 0.25) is 0 Å². The Morgan fingerprint density at radius 1 is 1.29 bits per heavy atom. The molecule has 84 valence electrons. The zero-order chi connectivity index (χ0) is 10.4. The Bertz CT molecular complexity index is 148. The standard InChI is InChI=1S/C12H26N2/c1-4-12(2,3)10-14-9-11-5-7-13-8-6-11/h11,13-14H,4-10H2,1-3H3. The third kappa shape index (κ3) is 4.43. The molecular weight excluding hydrogens is 172 g/mol. The van der Waals surface area contributed by atoms with Crippen LogP contribution in [0.1, 0.15) is 40.0 Å². The maximum absolute atomic E-state index is 3.62. The van der Waals surface area contributed by atoms with Crippen molar-refractivity contribution in [3.8, 4) is 0 Å². The van der Waals surface area contributed by atoms with E-state index in [-0.39, 0.29) is 0 Å². The predicted molar refractivity (Wildman–Crippen MR) is 62.5 cm³/mol.